The fourth-order valence-corrected chi connectivity index (χ4v) is 4.42. The van der Waals surface area contributed by atoms with Crippen LogP contribution in [0.1, 0.15) is 45.6 Å². The summed E-state index contributed by atoms with van der Waals surface area (Å²) in [6, 6.07) is 9.59. The first-order chi connectivity index (χ1) is 15.6. The van der Waals surface area contributed by atoms with E-state index in [0.29, 0.717) is 37.2 Å². The van der Waals surface area contributed by atoms with Crippen LogP contribution >= 0.6 is 15.9 Å². The molecule has 0 N–H and O–H groups in total. The van der Waals surface area contributed by atoms with Crippen molar-refractivity contribution in [2.75, 3.05) is 43.0 Å². The largest absolute Gasteiger partial charge is 0.444 e. The molecule has 1 aromatic carbocycles. The summed E-state index contributed by atoms with van der Waals surface area (Å²) in [5, 5.41) is 0. The molecule has 1 aliphatic heterocycles. The molecule has 2 heterocycles. The molecule has 0 bridgehead atoms. The van der Waals surface area contributed by atoms with E-state index in [-0.39, 0.29) is 17.9 Å². The van der Waals surface area contributed by atoms with Crippen molar-refractivity contribution in [2.24, 2.45) is 0 Å². The Kier molecular flexibility index (Phi) is 7.94. The number of anilines is 2. The highest BCUT2D eigenvalue weighted by Crippen LogP contribution is 2.34. The molecule has 33 heavy (non-hydrogen) atoms. The minimum absolute atomic E-state index is 0.0187. The van der Waals surface area contributed by atoms with Gasteiger partial charge in [-0.25, -0.2) is 14.8 Å². The molecule has 178 valence electrons. The summed E-state index contributed by atoms with van der Waals surface area (Å²) in [5.41, 5.74) is 1.24. The number of para-hydroxylation sites is 1. The molecule has 0 aliphatic carbocycles. The standard InChI is InChI=1S/C24H32BrN5O3/c1-17(15-19(31)28(5)18-9-7-6-8-10-18)20-21(25)26-16-27-22(20)29-11-13-30(14-12-29)23(32)33-24(2,3)4/h6-10,16-17H,11-15H2,1-5H3/t17-/m1/s1. The highest BCUT2D eigenvalue weighted by Gasteiger charge is 2.29. The molecule has 3 rings (SSSR count). The van der Waals surface area contributed by atoms with Crippen molar-refractivity contribution >= 4 is 39.4 Å². The summed E-state index contributed by atoms with van der Waals surface area (Å²) in [6.07, 6.45) is 1.55. The van der Waals surface area contributed by atoms with E-state index >= 15 is 0 Å². The number of rotatable bonds is 5. The van der Waals surface area contributed by atoms with Gasteiger partial charge in [0.15, 0.2) is 0 Å². The Labute approximate surface area is 204 Å². The van der Waals surface area contributed by atoms with Crippen LogP contribution in [0.3, 0.4) is 0 Å². The molecule has 9 heteroatoms. The summed E-state index contributed by atoms with van der Waals surface area (Å²) >= 11 is 3.57. The number of ether oxygens (including phenoxy) is 1. The van der Waals surface area contributed by atoms with Crippen molar-refractivity contribution in [2.45, 2.75) is 45.6 Å². The van der Waals surface area contributed by atoms with Crippen molar-refractivity contribution in [1.29, 1.82) is 0 Å². The third-order valence-corrected chi connectivity index (χ3v) is 6.17. The van der Waals surface area contributed by atoms with Crippen LogP contribution in [-0.4, -0.2) is 65.7 Å². The first kappa shape index (κ1) is 25.0. The number of piperazine rings is 1. The molecule has 1 aromatic heterocycles. The second kappa shape index (κ2) is 10.5. The van der Waals surface area contributed by atoms with E-state index in [1.165, 1.54) is 6.33 Å². The average molecular weight is 518 g/mol. The fraction of sp³-hybridized carbons (Fsp3) is 0.500. The number of hydrogen-bond donors (Lipinski definition) is 0. The fourth-order valence-electron chi connectivity index (χ4n) is 3.77. The van der Waals surface area contributed by atoms with Crippen LogP contribution in [-0.2, 0) is 9.53 Å². The van der Waals surface area contributed by atoms with Gasteiger partial charge >= 0.3 is 6.09 Å². The first-order valence-electron chi connectivity index (χ1n) is 11.1. The van der Waals surface area contributed by atoms with Crippen LogP contribution in [0.15, 0.2) is 41.3 Å². The zero-order chi connectivity index (χ0) is 24.2. The molecule has 8 nitrogen and oxygen atoms in total. The van der Waals surface area contributed by atoms with Gasteiger partial charge in [-0.3, -0.25) is 4.79 Å². The van der Waals surface area contributed by atoms with Gasteiger partial charge in [-0.2, -0.15) is 0 Å². The summed E-state index contributed by atoms with van der Waals surface area (Å²) < 4.78 is 6.18. The van der Waals surface area contributed by atoms with Crippen LogP contribution < -0.4 is 9.80 Å². The van der Waals surface area contributed by atoms with Gasteiger partial charge in [0.2, 0.25) is 5.91 Å². The molecule has 1 fully saturated rings. The van der Waals surface area contributed by atoms with Gasteiger partial charge in [0, 0.05) is 50.9 Å². The average Bonchev–Trinajstić information content (AvgIpc) is 2.77. The third-order valence-electron chi connectivity index (χ3n) is 5.54. The number of carbonyl (C=O) groups is 2. The van der Waals surface area contributed by atoms with Crippen molar-refractivity contribution in [3.8, 4) is 0 Å². The quantitative estimate of drug-likeness (QED) is 0.545. The number of nitrogens with zero attached hydrogens (tertiary/aromatic N) is 5. The lowest BCUT2D eigenvalue weighted by Crippen LogP contribution is -2.50. The van der Waals surface area contributed by atoms with E-state index in [4.69, 9.17) is 4.74 Å². The number of halogens is 1. The van der Waals surface area contributed by atoms with Crippen LogP contribution in [0.5, 0.6) is 0 Å². The van der Waals surface area contributed by atoms with E-state index in [1.54, 1.807) is 16.8 Å². The minimum Gasteiger partial charge on any atom is -0.444 e. The molecule has 1 atom stereocenters. The predicted octanol–water partition coefficient (Wildman–Crippen LogP) is 4.45. The van der Waals surface area contributed by atoms with Gasteiger partial charge in [-0.1, -0.05) is 25.1 Å². The molecule has 2 aromatic rings. The molecule has 2 amide bonds. The monoisotopic (exact) mass is 517 g/mol. The number of hydrogen-bond acceptors (Lipinski definition) is 6. The van der Waals surface area contributed by atoms with Crippen LogP contribution in [0.2, 0.25) is 0 Å². The van der Waals surface area contributed by atoms with E-state index in [9.17, 15) is 9.59 Å². The molecule has 0 unspecified atom stereocenters. The zero-order valence-electron chi connectivity index (χ0n) is 19.9. The SMILES string of the molecule is C[C@H](CC(=O)N(C)c1ccccc1)c1c(Br)ncnc1N1CCN(C(=O)OC(C)(C)C)CC1. The van der Waals surface area contributed by atoms with E-state index in [2.05, 4.69) is 30.8 Å². The van der Waals surface area contributed by atoms with E-state index < -0.39 is 5.60 Å². The molecular weight excluding hydrogens is 486 g/mol. The van der Waals surface area contributed by atoms with Gasteiger partial charge in [0.25, 0.3) is 0 Å². The lowest BCUT2D eigenvalue weighted by Gasteiger charge is -2.37. The van der Waals surface area contributed by atoms with E-state index in [1.807, 2.05) is 58.0 Å². The topological polar surface area (TPSA) is 78.9 Å². The second-order valence-corrected chi connectivity index (χ2v) is 10.0. The molecule has 0 radical (unpaired) electrons. The normalized spacial score (nSPS) is 15.2. The highest BCUT2D eigenvalue weighted by atomic mass is 79.9. The van der Waals surface area contributed by atoms with Gasteiger partial charge in [0.05, 0.1) is 0 Å². The number of aromatic nitrogens is 2. The lowest BCUT2D eigenvalue weighted by molar-refractivity contribution is -0.118. The Hall–Kier alpha value is -2.68. The zero-order valence-corrected chi connectivity index (χ0v) is 21.5. The van der Waals surface area contributed by atoms with Crippen molar-refractivity contribution < 1.29 is 14.3 Å². The van der Waals surface area contributed by atoms with Crippen molar-refractivity contribution in [3.05, 3.63) is 46.8 Å². The summed E-state index contributed by atoms with van der Waals surface area (Å²) in [4.78, 5) is 39.8. The Bertz CT molecular complexity index is 972. The smallest absolute Gasteiger partial charge is 0.410 e. The first-order valence-corrected chi connectivity index (χ1v) is 11.9. The lowest BCUT2D eigenvalue weighted by atomic mass is 9.98. The number of carbonyl (C=O) groups excluding carboxylic acids is 2. The minimum atomic E-state index is -0.520. The Balaban J connectivity index is 1.70. The predicted molar refractivity (Wildman–Crippen MR) is 133 cm³/mol. The maximum Gasteiger partial charge on any atom is 0.410 e. The van der Waals surface area contributed by atoms with Gasteiger partial charge in [-0.15, -0.1) is 0 Å². The van der Waals surface area contributed by atoms with Crippen molar-refractivity contribution in [3.63, 3.8) is 0 Å². The molecule has 1 aliphatic rings. The maximum atomic E-state index is 13.0. The van der Waals surface area contributed by atoms with Crippen LogP contribution in [0.25, 0.3) is 0 Å². The maximum absolute atomic E-state index is 13.0. The van der Waals surface area contributed by atoms with Crippen LogP contribution in [0, 0.1) is 0 Å². The Morgan fingerprint density at radius 2 is 1.76 bits per heavy atom. The van der Waals surface area contributed by atoms with E-state index in [0.717, 1.165) is 17.1 Å². The summed E-state index contributed by atoms with van der Waals surface area (Å²) in [5.74, 6) is 0.714. The van der Waals surface area contributed by atoms with Gasteiger partial charge < -0.3 is 19.4 Å². The van der Waals surface area contributed by atoms with Crippen LogP contribution in [0.4, 0.5) is 16.3 Å². The molecular formula is C24H32BrN5O3. The third kappa shape index (κ3) is 6.43. The molecule has 1 saturated heterocycles. The number of benzene rings is 1. The Morgan fingerprint density at radius 3 is 2.36 bits per heavy atom. The van der Waals surface area contributed by atoms with Gasteiger partial charge in [0.1, 0.15) is 22.3 Å². The Morgan fingerprint density at radius 1 is 1.12 bits per heavy atom. The van der Waals surface area contributed by atoms with Gasteiger partial charge in [-0.05, 0) is 54.8 Å². The summed E-state index contributed by atoms with van der Waals surface area (Å²) in [6.45, 7) is 9.94. The molecule has 0 spiro atoms. The summed E-state index contributed by atoms with van der Waals surface area (Å²) in [7, 11) is 1.79. The second-order valence-electron chi connectivity index (χ2n) is 9.25. The molecule has 0 saturated carbocycles. The van der Waals surface area contributed by atoms with Crippen molar-refractivity contribution in [1.82, 2.24) is 14.9 Å². The number of amides is 2. The highest BCUT2D eigenvalue weighted by molar-refractivity contribution is 9.10.